The van der Waals surface area contributed by atoms with Gasteiger partial charge in [0.1, 0.15) is 17.3 Å². The van der Waals surface area contributed by atoms with Gasteiger partial charge in [0.25, 0.3) is 5.91 Å². The van der Waals surface area contributed by atoms with E-state index in [0.717, 1.165) is 41.4 Å². The van der Waals surface area contributed by atoms with E-state index in [1.807, 2.05) is 65.6 Å². The predicted octanol–water partition coefficient (Wildman–Crippen LogP) is 4.70. The molecular formula is C26H24N6O. The molecule has 3 aromatic heterocycles. The van der Waals surface area contributed by atoms with Crippen molar-refractivity contribution in [3.8, 4) is 11.3 Å². The van der Waals surface area contributed by atoms with Crippen LogP contribution in [0.4, 0.5) is 11.5 Å². The summed E-state index contributed by atoms with van der Waals surface area (Å²) in [6, 6.07) is 21.2. The van der Waals surface area contributed by atoms with Crippen LogP contribution in [-0.4, -0.2) is 43.8 Å². The maximum Gasteiger partial charge on any atom is 0.272 e. The Bertz CT molecular complexity index is 1220. The first-order valence-corrected chi connectivity index (χ1v) is 11.1. The van der Waals surface area contributed by atoms with Gasteiger partial charge in [0, 0.05) is 54.9 Å². The smallest absolute Gasteiger partial charge is 0.272 e. The highest BCUT2D eigenvalue weighted by atomic mass is 16.2. The predicted molar refractivity (Wildman–Crippen MR) is 127 cm³/mol. The second kappa shape index (κ2) is 9.56. The third-order valence-corrected chi connectivity index (χ3v) is 5.72. The zero-order valence-electron chi connectivity index (χ0n) is 18.1. The molecule has 4 aromatic rings. The Balaban J connectivity index is 1.46. The highest BCUT2D eigenvalue weighted by Crippen LogP contribution is 2.29. The van der Waals surface area contributed by atoms with Crippen LogP contribution in [0, 0.1) is 0 Å². The Hall–Kier alpha value is -4.13. The molecule has 0 radical (unpaired) electrons. The van der Waals surface area contributed by atoms with E-state index < -0.39 is 0 Å². The van der Waals surface area contributed by atoms with Crippen LogP contribution in [0.3, 0.4) is 0 Å². The number of hydrogen-bond donors (Lipinski definition) is 1. The highest BCUT2D eigenvalue weighted by Gasteiger charge is 2.28. The molecule has 1 aromatic carbocycles. The summed E-state index contributed by atoms with van der Waals surface area (Å²) in [4.78, 5) is 32.9. The maximum atomic E-state index is 13.0. The molecule has 5 rings (SSSR count). The van der Waals surface area contributed by atoms with E-state index in [9.17, 15) is 4.79 Å². The van der Waals surface area contributed by atoms with Gasteiger partial charge in [-0.2, -0.15) is 0 Å². The molecule has 1 aliphatic rings. The van der Waals surface area contributed by atoms with Crippen LogP contribution in [0.5, 0.6) is 0 Å². The number of carbonyl (C=O) groups is 1. The Morgan fingerprint density at radius 2 is 1.76 bits per heavy atom. The maximum absolute atomic E-state index is 13.0. The monoisotopic (exact) mass is 436 g/mol. The molecule has 1 fully saturated rings. The fourth-order valence-corrected chi connectivity index (χ4v) is 4.08. The van der Waals surface area contributed by atoms with Crippen LogP contribution in [0.25, 0.3) is 11.3 Å². The lowest BCUT2D eigenvalue weighted by atomic mass is 9.96. The summed E-state index contributed by atoms with van der Waals surface area (Å²) in [5.41, 5.74) is 3.23. The number of hydrogen-bond acceptors (Lipinski definition) is 6. The van der Waals surface area contributed by atoms with Gasteiger partial charge in [-0.25, -0.2) is 9.97 Å². The van der Waals surface area contributed by atoms with Crippen molar-refractivity contribution in [2.24, 2.45) is 0 Å². The third kappa shape index (κ3) is 4.87. The molecule has 1 aliphatic heterocycles. The third-order valence-electron chi connectivity index (χ3n) is 5.72. The van der Waals surface area contributed by atoms with Crippen LogP contribution >= 0.6 is 0 Å². The molecule has 0 spiro atoms. The lowest BCUT2D eigenvalue weighted by Crippen LogP contribution is -2.39. The first-order chi connectivity index (χ1) is 16.3. The number of anilines is 2. The number of nitrogens with zero attached hydrogens (tertiary/aromatic N) is 5. The number of nitrogens with one attached hydrogen (secondary N) is 1. The molecule has 33 heavy (non-hydrogen) atoms. The minimum Gasteiger partial charge on any atom is -0.340 e. The zero-order valence-corrected chi connectivity index (χ0v) is 18.1. The molecule has 1 amide bonds. The SMILES string of the molecule is O=C(c1ccccn1)N1CCC[C@@H](c2nc(Nc3ccccc3)cc(-c3ccncc3)n2)C1. The number of benzene rings is 1. The van der Waals surface area contributed by atoms with E-state index in [2.05, 4.69) is 15.3 Å². The number of amides is 1. The van der Waals surface area contributed by atoms with Crippen LogP contribution in [0.1, 0.15) is 35.1 Å². The second-order valence-corrected chi connectivity index (χ2v) is 8.03. The quantitative estimate of drug-likeness (QED) is 0.488. The van der Waals surface area contributed by atoms with Gasteiger partial charge in [-0.1, -0.05) is 24.3 Å². The molecule has 4 heterocycles. The van der Waals surface area contributed by atoms with Crippen molar-refractivity contribution < 1.29 is 4.79 Å². The van der Waals surface area contributed by atoms with E-state index in [1.165, 1.54) is 0 Å². The Labute approximate surface area is 192 Å². The molecular weight excluding hydrogens is 412 g/mol. The Kier molecular flexibility index (Phi) is 6.01. The van der Waals surface area contributed by atoms with Crippen molar-refractivity contribution in [2.75, 3.05) is 18.4 Å². The summed E-state index contributed by atoms with van der Waals surface area (Å²) in [5.74, 6) is 1.46. The van der Waals surface area contributed by atoms with Gasteiger partial charge in [0.05, 0.1) is 5.69 Å². The fraction of sp³-hybridized carbons (Fsp3) is 0.192. The topological polar surface area (TPSA) is 83.9 Å². The van der Waals surface area contributed by atoms with Crippen LogP contribution in [-0.2, 0) is 0 Å². The summed E-state index contributed by atoms with van der Waals surface area (Å²) in [6.45, 7) is 1.28. The molecule has 7 nitrogen and oxygen atoms in total. The molecule has 0 aliphatic carbocycles. The first-order valence-electron chi connectivity index (χ1n) is 11.1. The summed E-state index contributed by atoms with van der Waals surface area (Å²) >= 11 is 0. The lowest BCUT2D eigenvalue weighted by molar-refractivity contribution is 0.0698. The van der Waals surface area contributed by atoms with Crippen molar-refractivity contribution >= 4 is 17.4 Å². The molecule has 0 bridgehead atoms. The molecule has 1 atom stereocenters. The summed E-state index contributed by atoms with van der Waals surface area (Å²) in [5, 5.41) is 3.40. The van der Waals surface area contributed by atoms with Gasteiger partial charge in [0.15, 0.2) is 0 Å². The molecule has 0 saturated carbocycles. The number of piperidine rings is 1. The van der Waals surface area contributed by atoms with Crippen molar-refractivity contribution in [2.45, 2.75) is 18.8 Å². The second-order valence-electron chi connectivity index (χ2n) is 8.03. The van der Waals surface area contributed by atoms with Crippen LogP contribution in [0.15, 0.2) is 85.3 Å². The normalized spacial score (nSPS) is 15.8. The van der Waals surface area contributed by atoms with Crippen molar-refractivity contribution in [1.29, 1.82) is 0 Å². The van der Waals surface area contributed by atoms with Crippen LogP contribution in [0.2, 0.25) is 0 Å². The minimum absolute atomic E-state index is 0.0459. The average molecular weight is 437 g/mol. The first kappa shape index (κ1) is 20.8. The van der Waals surface area contributed by atoms with Crippen molar-refractivity contribution in [3.05, 3.63) is 96.8 Å². The fourth-order valence-electron chi connectivity index (χ4n) is 4.08. The molecule has 1 saturated heterocycles. The molecule has 0 unspecified atom stereocenters. The lowest BCUT2D eigenvalue weighted by Gasteiger charge is -2.32. The van der Waals surface area contributed by atoms with Gasteiger partial charge >= 0.3 is 0 Å². The largest absolute Gasteiger partial charge is 0.340 e. The Morgan fingerprint density at radius 3 is 2.55 bits per heavy atom. The number of pyridine rings is 2. The number of carbonyl (C=O) groups excluding carboxylic acids is 1. The van der Waals surface area contributed by atoms with E-state index in [4.69, 9.17) is 9.97 Å². The van der Waals surface area contributed by atoms with Gasteiger partial charge in [-0.15, -0.1) is 0 Å². The number of rotatable bonds is 5. The highest BCUT2D eigenvalue weighted by molar-refractivity contribution is 5.92. The summed E-state index contributed by atoms with van der Waals surface area (Å²) < 4.78 is 0. The van der Waals surface area contributed by atoms with Gasteiger partial charge in [-0.05, 0) is 49.2 Å². The van der Waals surface area contributed by atoms with Crippen molar-refractivity contribution in [3.63, 3.8) is 0 Å². The average Bonchev–Trinajstić information content (AvgIpc) is 2.90. The standard InChI is InChI=1S/C26H24N6O/c33-26(22-10-4-5-13-28-22)32-16-6-7-20(18-32)25-30-23(19-11-14-27-15-12-19)17-24(31-25)29-21-8-2-1-3-9-21/h1-5,8-15,17,20H,6-7,16,18H2,(H,29,30,31)/t20-/m1/s1. The molecule has 164 valence electrons. The van der Waals surface area contributed by atoms with Gasteiger partial charge < -0.3 is 10.2 Å². The van der Waals surface area contributed by atoms with Gasteiger partial charge in [-0.3, -0.25) is 14.8 Å². The van der Waals surface area contributed by atoms with E-state index >= 15 is 0 Å². The summed E-state index contributed by atoms with van der Waals surface area (Å²) in [6.07, 6.45) is 6.99. The number of para-hydroxylation sites is 1. The Morgan fingerprint density at radius 1 is 0.939 bits per heavy atom. The van der Waals surface area contributed by atoms with Crippen molar-refractivity contribution in [1.82, 2.24) is 24.8 Å². The molecule has 1 N–H and O–H groups in total. The zero-order chi connectivity index (χ0) is 22.5. The van der Waals surface area contributed by atoms with E-state index in [1.54, 1.807) is 24.7 Å². The summed E-state index contributed by atoms with van der Waals surface area (Å²) in [7, 11) is 0. The van der Waals surface area contributed by atoms with Crippen LogP contribution < -0.4 is 5.32 Å². The number of aromatic nitrogens is 4. The van der Waals surface area contributed by atoms with E-state index in [-0.39, 0.29) is 11.8 Å². The number of likely N-dealkylation sites (tertiary alicyclic amines) is 1. The minimum atomic E-state index is -0.0479. The van der Waals surface area contributed by atoms with E-state index in [0.29, 0.717) is 18.8 Å². The van der Waals surface area contributed by atoms with Gasteiger partial charge in [0.2, 0.25) is 0 Å². The molecule has 7 heteroatoms.